The van der Waals surface area contributed by atoms with Crippen LogP contribution in [0.15, 0.2) is 30.5 Å². The highest BCUT2D eigenvalue weighted by Crippen LogP contribution is 2.36. The van der Waals surface area contributed by atoms with Crippen LogP contribution in [0, 0.1) is 24.5 Å². The largest absolute Gasteiger partial charge is 0.453 e. The molecular weight excluding hydrogens is 468 g/mol. The molecule has 4 rings (SSSR count). The molecule has 7 nitrogen and oxygen atoms in total. The summed E-state index contributed by atoms with van der Waals surface area (Å²) in [5.41, 5.74) is 0.842. The highest BCUT2D eigenvalue weighted by Gasteiger charge is 2.43. The van der Waals surface area contributed by atoms with E-state index in [0.29, 0.717) is 11.3 Å². The highest BCUT2D eigenvalue weighted by molar-refractivity contribution is 5.94. The van der Waals surface area contributed by atoms with E-state index in [1.54, 1.807) is 22.7 Å². The summed E-state index contributed by atoms with van der Waals surface area (Å²) in [6, 6.07) is 5.28. The van der Waals surface area contributed by atoms with Gasteiger partial charge < -0.3 is 19.4 Å². The van der Waals surface area contributed by atoms with E-state index in [9.17, 15) is 18.4 Å². The lowest BCUT2D eigenvalue weighted by atomic mass is 9.90. The number of methoxy groups -OCH3 is 1. The fourth-order valence-electron chi connectivity index (χ4n) is 4.55. The Balaban J connectivity index is 1.82. The van der Waals surface area contributed by atoms with E-state index in [2.05, 4.69) is 15.0 Å². The zero-order valence-corrected chi connectivity index (χ0v) is 19.4. The number of imidazole rings is 1. The molecule has 2 aromatic heterocycles. The van der Waals surface area contributed by atoms with Crippen LogP contribution in [0.2, 0.25) is 0 Å². The zero-order valence-electron chi connectivity index (χ0n) is 19.4. The number of amides is 2. The van der Waals surface area contributed by atoms with Gasteiger partial charge in [-0.15, -0.1) is 0 Å². The molecule has 0 aliphatic carbocycles. The quantitative estimate of drug-likeness (QED) is 0.554. The van der Waals surface area contributed by atoms with Crippen LogP contribution in [0.1, 0.15) is 28.0 Å². The van der Waals surface area contributed by atoms with Crippen LogP contribution in [0.3, 0.4) is 0 Å². The summed E-state index contributed by atoms with van der Waals surface area (Å²) in [4.78, 5) is 29.2. The molecule has 0 saturated carbocycles. The average Bonchev–Trinajstić information content (AvgIpc) is 3.12. The van der Waals surface area contributed by atoms with E-state index in [0.717, 1.165) is 29.7 Å². The normalized spacial score (nSPS) is 17.5. The first-order chi connectivity index (χ1) is 16.5. The summed E-state index contributed by atoms with van der Waals surface area (Å²) in [6.45, 7) is 1.05. The molecule has 1 fully saturated rings. The molecule has 3 aromatic rings. The molecule has 11 heteroatoms. The van der Waals surface area contributed by atoms with Crippen molar-refractivity contribution in [3.8, 4) is 11.3 Å². The average molecular weight is 492 g/mol. The molecule has 1 atom stereocenters. The van der Waals surface area contributed by atoms with Crippen molar-refractivity contribution in [3.05, 3.63) is 58.9 Å². The SMILES string of the molecule is CNC(=O)c1cc(F)c(-c2nc3cc(C)ccn3c2C[C@H]2CN(C(=O)OC)CC(F)(F)C2)c(F)c1. The van der Waals surface area contributed by atoms with Gasteiger partial charge in [-0.05, 0) is 49.1 Å². The third-order valence-electron chi connectivity index (χ3n) is 6.05. The van der Waals surface area contributed by atoms with E-state index >= 15 is 8.78 Å². The van der Waals surface area contributed by atoms with Crippen molar-refractivity contribution < 1.29 is 31.9 Å². The maximum atomic E-state index is 15.1. The number of alkyl halides is 2. The second-order valence-electron chi connectivity index (χ2n) is 8.71. The second-order valence-corrected chi connectivity index (χ2v) is 8.71. The first kappa shape index (κ1) is 24.5. The van der Waals surface area contributed by atoms with E-state index in [4.69, 9.17) is 0 Å². The Morgan fingerprint density at radius 3 is 2.54 bits per heavy atom. The minimum absolute atomic E-state index is 0.0125. The predicted molar refractivity (Wildman–Crippen MR) is 119 cm³/mol. The number of fused-ring (bicyclic) bond motifs is 1. The van der Waals surface area contributed by atoms with Crippen molar-refractivity contribution in [2.45, 2.75) is 25.7 Å². The number of piperidine rings is 1. The number of hydrogen-bond donors (Lipinski definition) is 1. The number of nitrogens with zero attached hydrogens (tertiary/aromatic N) is 3. The summed E-state index contributed by atoms with van der Waals surface area (Å²) in [5, 5.41) is 2.31. The first-order valence-electron chi connectivity index (χ1n) is 10.9. The Bertz CT molecular complexity index is 1280. The Labute approximate surface area is 198 Å². The van der Waals surface area contributed by atoms with Crippen molar-refractivity contribution in [1.82, 2.24) is 19.6 Å². The topological polar surface area (TPSA) is 75.9 Å². The molecule has 1 aliphatic rings. The lowest BCUT2D eigenvalue weighted by Crippen LogP contribution is -2.50. The summed E-state index contributed by atoms with van der Waals surface area (Å²) in [7, 11) is 2.45. The number of benzene rings is 1. The Hall–Kier alpha value is -3.63. The number of pyridine rings is 1. The maximum Gasteiger partial charge on any atom is 0.409 e. The summed E-state index contributed by atoms with van der Waals surface area (Å²) < 4.78 is 65.4. The van der Waals surface area contributed by atoms with Crippen LogP contribution in [0.4, 0.5) is 22.4 Å². The van der Waals surface area contributed by atoms with Crippen LogP contribution < -0.4 is 5.32 Å². The third kappa shape index (κ3) is 4.80. The van der Waals surface area contributed by atoms with Gasteiger partial charge in [-0.25, -0.2) is 27.3 Å². The van der Waals surface area contributed by atoms with Gasteiger partial charge in [0.15, 0.2) is 0 Å². The number of aromatic nitrogens is 2. The molecule has 0 radical (unpaired) electrons. The molecule has 1 N–H and O–H groups in total. The standard InChI is InChI=1S/C24H24F4N4O3/c1-13-4-5-32-18(7-14-10-24(27,28)12-31(11-14)23(34)35-3)21(30-19(32)6-13)20-16(25)8-15(9-17(20)26)22(33)29-2/h4-6,8-9,14H,7,10-12H2,1-3H3,(H,29,33)/t14-/m1/s1. The minimum Gasteiger partial charge on any atom is -0.453 e. The molecule has 186 valence electrons. The molecule has 1 aliphatic heterocycles. The van der Waals surface area contributed by atoms with Gasteiger partial charge in [0, 0.05) is 31.8 Å². The minimum atomic E-state index is -3.15. The number of aryl methyl sites for hydroxylation is 1. The molecule has 0 bridgehead atoms. The van der Waals surface area contributed by atoms with Gasteiger partial charge in [-0.3, -0.25) is 4.79 Å². The number of hydrogen-bond acceptors (Lipinski definition) is 4. The third-order valence-corrected chi connectivity index (χ3v) is 6.05. The molecule has 0 unspecified atom stereocenters. The number of likely N-dealkylation sites (tertiary alicyclic amines) is 1. The van der Waals surface area contributed by atoms with E-state index in [1.807, 2.05) is 6.92 Å². The van der Waals surface area contributed by atoms with Gasteiger partial charge in [0.1, 0.15) is 17.3 Å². The molecule has 2 amide bonds. The van der Waals surface area contributed by atoms with Crippen LogP contribution in [-0.4, -0.2) is 59.5 Å². The number of halogens is 4. The van der Waals surface area contributed by atoms with Crippen molar-refractivity contribution in [2.75, 3.05) is 27.2 Å². The highest BCUT2D eigenvalue weighted by atomic mass is 19.3. The van der Waals surface area contributed by atoms with Crippen molar-refractivity contribution >= 4 is 17.6 Å². The number of carbonyl (C=O) groups is 2. The summed E-state index contributed by atoms with van der Waals surface area (Å²) >= 11 is 0. The van der Waals surface area contributed by atoms with Gasteiger partial charge in [0.05, 0.1) is 30.6 Å². The second kappa shape index (κ2) is 9.20. The predicted octanol–water partition coefficient (Wildman–Crippen LogP) is 4.21. The van der Waals surface area contributed by atoms with Gasteiger partial charge in [0.2, 0.25) is 0 Å². The lowest BCUT2D eigenvalue weighted by Gasteiger charge is -2.36. The van der Waals surface area contributed by atoms with Gasteiger partial charge in [-0.2, -0.15) is 0 Å². The van der Waals surface area contributed by atoms with Gasteiger partial charge in [-0.1, -0.05) is 0 Å². The molecule has 35 heavy (non-hydrogen) atoms. The fourth-order valence-corrected chi connectivity index (χ4v) is 4.55. The first-order valence-corrected chi connectivity index (χ1v) is 10.9. The number of nitrogens with one attached hydrogen (secondary N) is 1. The number of rotatable bonds is 4. The van der Waals surface area contributed by atoms with Crippen LogP contribution in [0.5, 0.6) is 0 Å². The Morgan fingerprint density at radius 2 is 1.91 bits per heavy atom. The molecule has 3 heterocycles. The van der Waals surface area contributed by atoms with Crippen LogP contribution >= 0.6 is 0 Å². The summed E-state index contributed by atoms with van der Waals surface area (Å²) in [6.07, 6.45) is 0.244. The molecule has 0 spiro atoms. The maximum absolute atomic E-state index is 15.1. The van der Waals surface area contributed by atoms with Crippen molar-refractivity contribution in [3.63, 3.8) is 0 Å². The Morgan fingerprint density at radius 1 is 1.23 bits per heavy atom. The van der Waals surface area contributed by atoms with Crippen molar-refractivity contribution in [2.24, 2.45) is 5.92 Å². The van der Waals surface area contributed by atoms with Gasteiger partial charge in [0.25, 0.3) is 11.8 Å². The van der Waals surface area contributed by atoms with E-state index < -0.39 is 54.0 Å². The fraction of sp³-hybridized carbons (Fsp3) is 0.375. The van der Waals surface area contributed by atoms with Crippen LogP contribution in [-0.2, 0) is 11.2 Å². The molecule has 1 aromatic carbocycles. The van der Waals surface area contributed by atoms with E-state index in [1.165, 1.54) is 7.05 Å². The molecular formula is C24H24F4N4O3. The number of ether oxygens (including phenoxy) is 1. The smallest absolute Gasteiger partial charge is 0.409 e. The summed E-state index contributed by atoms with van der Waals surface area (Å²) in [5.74, 6) is -6.55. The van der Waals surface area contributed by atoms with Crippen LogP contribution in [0.25, 0.3) is 16.9 Å². The Kier molecular flexibility index (Phi) is 6.44. The lowest BCUT2D eigenvalue weighted by molar-refractivity contribution is -0.0784. The van der Waals surface area contributed by atoms with E-state index in [-0.39, 0.29) is 24.2 Å². The van der Waals surface area contributed by atoms with Crippen molar-refractivity contribution in [1.29, 1.82) is 0 Å². The monoisotopic (exact) mass is 492 g/mol. The van der Waals surface area contributed by atoms with Gasteiger partial charge >= 0.3 is 6.09 Å². The molecule has 1 saturated heterocycles. The number of carbonyl (C=O) groups excluding carboxylic acids is 2. The zero-order chi connectivity index (χ0) is 25.5.